The molecule has 0 aliphatic rings. The first-order chi connectivity index (χ1) is 10.6. The molecular formula is C18H31NO3. The summed E-state index contributed by atoms with van der Waals surface area (Å²) in [6, 6.07) is 6.44. The fraction of sp³-hybridized carbons (Fsp3) is 0.667. The Morgan fingerprint density at radius 1 is 0.955 bits per heavy atom. The van der Waals surface area contributed by atoms with E-state index in [9.17, 15) is 0 Å². The molecule has 0 fully saturated rings. The molecule has 0 atom stereocenters. The highest BCUT2D eigenvalue weighted by Gasteiger charge is 2.09. The lowest BCUT2D eigenvalue weighted by Gasteiger charge is -2.22. The van der Waals surface area contributed by atoms with Crippen LogP contribution in [-0.4, -0.2) is 58.6 Å². The van der Waals surface area contributed by atoms with Crippen LogP contribution in [-0.2, 0) is 9.47 Å². The SMILES string of the molecule is COCCN(CCOC)CCOc1cc(C)ccc1C(C)C. The van der Waals surface area contributed by atoms with Crippen molar-refractivity contribution in [2.75, 3.05) is 53.7 Å². The van der Waals surface area contributed by atoms with Crippen molar-refractivity contribution in [2.24, 2.45) is 0 Å². The maximum absolute atomic E-state index is 6.05. The summed E-state index contributed by atoms with van der Waals surface area (Å²) < 4.78 is 16.4. The summed E-state index contributed by atoms with van der Waals surface area (Å²) in [5.41, 5.74) is 2.50. The standard InChI is InChI=1S/C18H31NO3/c1-15(2)17-7-6-16(3)14-18(17)22-13-10-19(8-11-20-4)9-12-21-5/h6-7,14-15H,8-13H2,1-5H3. The lowest BCUT2D eigenvalue weighted by Crippen LogP contribution is -2.34. The molecule has 0 aliphatic carbocycles. The Balaban J connectivity index is 2.54. The second-order valence-corrected chi connectivity index (χ2v) is 5.87. The first kappa shape index (κ1) is 18.9. The summed E-state index contributed by atoms with van der Waals surface area (Å²) in [7, 11) is 3.46. The van der Waals surface area contributed by atoms with E-state index in [1.807, 2.05) is 0 Å². The summed E-state index contributed by atoms with van der Waals surface area (Å²) >= 11 is 0. The molecule has 1 aromatic rings. The minimum absolute atomic E-state index is 0.466. The average Bonchev–Trinajstić information content (AvgIpc) is 2.49. The largest absolute Gasteiger partial charge is 0.492 e. The lowest BCUT2D eigenvalue weighted by molar-refractivity contribution is 0.104. The van der Waals surface area contributed by atoms with E-state index in [-0.39, 0.29) is 0 Å². The predicted octanol–water partition coefficient (Wildman–Crippen LogP) is 3.09. The van der Waals surface area contributed by atoms with E-state index in [0.717, 1.165) is 38.6 Å². The second kappa shape index (κ2) is 10.6. The Labute approximate surface area is 135 Å². The van der Waals surface area contributed by atoms with E-state index in [4.69, 9.17) is 14.2 Å². The maximum atomic E-state index is 6.05. The molecule has 0 amide bonds. The molecule has 0 aromatic heterocycles. The zero-order valence-electron chi connectivity index (χ0n) is 14.7. The number of hydrogen-bond donors (Lipinski definition) is 0. The molecule has 0 aliphatic heterocycles. The third-order valence-corrected chi connectivity index (χ3v) is 3.68. The molecule has 22 heavy (non-hydrogen) atoms. The number of hydrogen-bond acceptors (Lipinski definition) is 4. The van der Waals surface area contributed by atoms with Gasteiger partial charge < -0.3 is 14.2 Å². The summed E-state index contributed by atoms with van der Waals surface area (Å²) in [6.07, 6.45) is 0. The zero-order valence-corrected chi connectivity index (χ0v) is 14.7. The van der Waals surface area contributed by atoms with Gasteiger partial charge in [0.1, 0.15) is 12.4 Å². The molecule has 1 aromatic carbocycles. The number of methoxy groups -OCH3 is 2. The van der Waals surface area contributed by atoms with Crippen LogP contribution in [0.15, 0.2) is 18.2 Å². The Kier molecular flexibility index (Phi) is 9.13. The normalized spacial score (nSPS) is 11.4. The first-order valence-electron chi connectivity index (χ1n) is 8.02. The highest BCUT2D eigenvalue weighted by Crippen LogP contribution is 2.27. The molecule has 0 radical (unpaired) electrons. The van der Waals surface area contributed by atoms with Gasteiger partial charge in [-0.15, -0.1) is 0 Å². The van der Waals surface area contributed by atoms with Gasteiger partial charge in [0, 0.05) is 33.9 Å². The van der Waals surface area contributed by atoms with Crippen LogP contribution in [0.5, 0.6) is 5.75 Å². The highest BCUT2D eigenvalue weighted by molar-refractivity contribution is 5.39. The van der Waals surface area contributed by atoms with Gasteiger partial charge in [0.15, 0.2) is 0 Å². The second-order valence-electron chi connectivity index (χ2n) is 5.87. The van der Waals surface area contributed by atoms with Crippen molar-refractivity contribution in [3.05, 3.63) is 29.3 Å². The average molecular weight is 309 g/mol. The van der Waals surface area contributed by atoms with Crippen molar-refractivity contribution in [3.63, 3.8) is 0 Å². The minimum atomic E-state index is 0.466. The lowest BCUT2D eigenvalue weighted by atomic mass is 10.0. The molecule has 1 rings (SSSR count). The number of aryl methyl sites for hydroxylation is 1. The van der Waals surface area contributed by atoms with Crippen LogP contribution in [0.3, 0.4) is 0 Å². The van der Waals surface area contributed by atoms with Gasteiger partial charge in [-0.3, -0.25) is 4.90 Å². The predicted molar refractivity (Wildman–Crippen MR) is 91.0 cm³/mol. The van der Waals surface area contributed by atoms with Gasteiger partial charge in [-0.1, -0.05) is 26.0 Å². The summed E-state index contributed by atoms with van der Waals surface area (Å²) in [5, 5.41) is 0. The Bertz CT molecular complexity index is 413. The number of rotatable bonds is 11. The Morgan fingerprint density at radius 3 is 2.09 bits per heavy atom. The van der Waals surface area contributed by atoms with Crippen LogP contribution >= 0.6 is 0 Å². The number of ether oxygens (including phenoxy) is 3. The van der Waals surface area contributed by atoms with Crippen molar-refractivity contribution in [1.29, 1.82) is 0 Å². The highest BCUT2D eigenvalue weighted by atomic mass is 16.5. The Morgan fingerprint density at radius 2 is 1.55 bits per heavy atom. The molecular weight excluding hydrogens is 278 g/mol. The Hall–Kier alpha value is -1.10. The van der Waals surface area contributed by atoms with Crippen LogP contribution in [0.2, 0.25) is 0 Å². The molecule has 4 heteroatoms. The monoisotopic (exact) mass is 309 g/mol. The van der Waals surface area contributed by atoms with E-state index >= 15 is 0 Å². The van der Waals surface area contributed by atoms with Crippen molar-refractivity contribution in [1.82, 2.24) is 4.90 Å². The van der Waals surface area contributed by atoms with Crippen molar-refractivity contribution < 1.29 is 14.2 Å². The van der Waals surface area contributed by atoms with E-state index < -0.39 is 0 Å². The van der Waals surface area contributed by atoms with Crippen molar-refractivity contribution >= 4 is 0 Å². The van der Waals surface area contributed by atoms with Gasteiger partial charge in [-0.25, -0.2) is 0 Å². The van der Waals surface area contributed by atoms with Gasteiger partial charge in [0.05, 0.1) is 13.2 Å². The van der Waals surface area contributed by atoms with E-state index in [2.05, 4.69) is 43.9 Å². The molecule has 126 valence electrons. The minimum Gasteiger partial charge on any atom is -0.492 e. The van der Waals surface area contributed by atoms with Gasteiger partial charge in [0.25, 0.3) is 0 Å². The summed E-state index contributed by atoms with van der Waals surface area (Å²) in [4.78, 5) is 2.30. The quantitative estimate of drug-likeness (QED) is 0.628. The number of benzene rings is 1. The molecule has 0 saturated carbocycles. The van der Waals surface area contributed by atoms with Crippen molar-refractivity contribution in [3.8, 4) is 5.75 Å². The third kappa shape index (κ3) is 6.77. The van der Waals surface area contributed by atoms with Crippen LogP contribution < -0.4 is 4.74 Å². The van der Waals surface area contributed by atoms with Crippen molar-refractivity contribution in [2.45, 2.75) is 26.7 Å². The molecule has 0 heterocycles. The van der Waals surface area contributed by atoms with Gasteiger partial charge in [0.2, 0.25) is 0 Å². The van der Waals surface area contributed by atoms with Crippen LogP contribution in [0.4, 0.5) is 0 Å². The number of nitrogens with zero attached hydrogens (tertiary/aromatic N) is 1. The summed E-state index contributed by atoms with van der Waals surface area (Å²) in [6.45, 7) is 11.3. The van der Waals surface area contributed by atoms with E-state index in [0.29, 0.717) is 12.5 Å². The van der Waals surface area contributed by atoms with Gasteiger partial charge in [-0.05, 0) is 30.0 Å². The van der Waals surface area contributed by atoms with Crippen LogP contribution in [0.1, 0.15) is 30.9 Å². The fourth-order valence-corrected chi connectivity index (χ4v) is 2.30. The third-order valence-electron chi connectivity index (χ3n) is 3.68. The topological polar surface area (TPSA) is 30.9 Å². The van der Waals surface area contributed by atoms with E-state index in [1.165, 1.54) is 11.1 Å². The van der Waals surface area contributed by atoms with Crippen LogP contribution in [0.25, 0.3) is 0 Å². The molecule has 0 unspecified atom stereocenters. The van der Waals surface area contributed by atoms with Crippen LogP contribution in [0, 0.1) is 6.92 Å². The fourth-order valence-electron chi connectivity index (χ4n) is 2.30. The molecule has 0 spiro atoms. The summed E-state index contributed by atoms with van der Waals surface area (Å²) in [5.74, 6) is 1.47. The smallest absolute Gasteiger partial charge is 0.123 e. The van der Waals surface area contributed by atoms with Gasteiger partial charge >= 0.3 is 0 Å². The maximum Gasteiger partial charge on any atom is 0.123 e. The van der Waals surface area contributed by atoms with E-state index in [1.54, 1.807) is 14.2 Å². The first-order valence-corrected chi connectivity index (χ1v) is 8.02. The molecule has 4 nitrogen and oxygen atoms in total. The molecule has 0 bridgehead atoms. The zero-order chi connectivity index (χ0) is 16.4. The molecule has 0 N–H and O–H groups in total. The molecule has 0 saturated heterocycles. The van der Waals surface area contributed by atoms with Gasteiger partial charge in [-0.2, -0.15) is 0 Å².